The van der Waals surface area contributed by atoms with Crippen molar-refractivity contribution in [2.45, 2.75) is 37.8 Å². The fraction of sp³-hybridized carbons (Fsp3) is 0.375. The Morgan fingerprint density at radius 3 is 2.67 bits per heavy atom. The van der Waals surface area contributed by atoms with Crippen LogP contribution in [-0.2, 0) is 9.59 Å². The first-order valence-corrected chi connectivity index (χ1v) is 7.83. The van der Waals surface area contributed by atoms with Crippen molar-refractivity contribution in [2.24, 2.45) is 0 Å². The zero-order valence-corrected chi connectivity index (χ0v) is 12.9. The minimum Gasteiger partial charge on any atom is -0.349 e. The minimum absolute atomic E-state index is 0.0802. The van der Waals surface area contributed by atoms with Crippen LogP contribution in [-0.4, -0.2) is 35.8 Å². The van der Waals surface area contributed by atoms with E-state index in [0.29, 0.717) is 11.3 Å². The predicted octanol–water partition coefficient (Wildman–Crippen LogP) is 0.505. The average Bonchev–Trinajstić information content (AvgIpc) is 3.29. The molecule has 1 atom stereocenters. The molecule has 5 amide bonds. The lowest BCUT2D eigenvalue weighted by molar-refractivity contribution is -0.120. The van der Waals surface area contributed by atoms with E-state index in [1.165, 1.54) is 0 Å². The predicted molar refractivity (Wildman–Crippen MR) is 85.3 cm³/mol. The first-order valence-electron chi connectivity index (χ1n) is 7.83. The van der Waals surface area contributed by atoms with Gasteiger partial charge in [0.25, 0.3) is 11.8 Å². The summed E-state index contributed by atoms with van der Waals surface area (Å²) < 4.78 is 0. The van der Waals surface area contributed by atoms with Crippen molar-refractivity contribution in [3.8, 4) is 0 Å². The summed E-state index contributed by atoms with van der Waals surface area (Å²) in [6.07, 6.45) is 2.31. The number of anilines is 1. The number of hydrogen-bond donors (Lipinski definition) is 4. The van der Waals surface area contributed by atoms with Gasteiger partial charge in [0, 0.05) is 23.7 Å². The Bertz CT molecular complexity index is 699. The summed E-state index contributed by atoms with van der Waals surface area (Å²) in [5, 5.41) is 10.1. The molecule has 8 heteroatoms. The maximum atomic E-state index is 12.0. The number of rotatable bonds is 6. The molecule has 4 N–H and O–H groups in total. The van der Waals surface area contributed by atoms with Crippen molar-refractivity contribution < 1.29 is 19.2 Å². The Hall–Kier alpha value is -2.90. The van der Waals surface area contributed by atoms with Gasteiger partial charge in [-0.05, 0) is 37.5 Å². The molecular weight excluding hydrogens is 312 g/mol. The molecular formula is C16H18N4O4. The van der Waals surface area contributed by atoms with Crippen molar-refractivity contribution in [1.82, 2.24) is 16.0 Å². The number of imide groups is 1. The van der Waals surface area contributed by atoms with Crippen LogP contribution in [0.1, 0.15) is 36.0 Å². The van der Waals surface area contributed by atoms with Gasteiger partial charge in [-0.3, -0.25) is 19.7 Å². The molecule has 1 aliphatic heterocycles. The summed E-state index contributed by atoms with van der Waals surface area (Å²) in [6, 6.07) is 5.73. The van der Waals surface area contributed by atoms with E-state index in [9.17, 15) is 19.2 Å². The molecule has 24 heavy (non-hydrogen) atoms. The Labute approximate surface area is 138 Å². The topological polar surface area (TPSA) is 116 Å². The third kappa shape index (κ3) is 4.09. The zero-order valence-electron chi connectivity index (χ0n) is 12.9. The molecule has 1 saturated carbocycles. The largest absolute Gasteiger partial charge is 0.349 e. The summed E-state index contributed by atoms with van der Waals surface area (Å²) in [5.41, 5.74) is 1.01. The third-order valence-corrected chi connectivity index (χ3v) is 3.84. The molecule has 1 aromatic rings. The van der Waals surface area contributed by atoms with Gasteiger partial charge in [-0.1, -0.05) is 6.07 Å². The highest BCUT2D eigenvalue weighted by Crippen LogP contribution is 2.20. The SMILES string of the molecule is O=C(CCC1NC(=O)NC1=O)Nc1cccc(C(=O)NC2CC2)c1. The van der Waals surface area contributed by atoms with Crippen molar-refractivity contribution in [3.05, 3.63) is 29.8 Å². The highest BCUT2D eigenvalue weighted by atomic mass is 16.2. The van der Waals surface area contributed by atoms with Gasteiger partial charge < -0.3 is 16.0 Å². The molecule has 0 radical (unpaired) electrons. The number of carbonyl (C=O) groups is 4. The van der Waals surface area contributed by atoms with Gasteiger partial charge >= 0.3 is 6.03 Å². The first kappa shape index (κ1) is 16.0. The molecule has 126 valence electrons. The van der Waals surface area contributed by atoms with E-state index in [4.69, 9.17) is 0 Å². The molecule has 0 bridgehead atoms. The average molecular weight is 330 g/mol. The zero-order chi connectivity index (χ0) is 17.1. The first-order chi connectivity index (χ1) is 11.5. The van der Waals surface area contributed by atoms with E-state index >= 15 is 0 Å². The van der Waals surface area contributed by atoms with Gasteiger partial charge in [-0.15, -0.1) is 0 Å². The Morgan fingerprint density at radius 2 is 2.00 bits per heavy atom. The van der Waals surface area contributed by atoms with Crippen LogP contribution >= 0.6 is 0 Å². The van der Waals surface area contributed by atoms with E-state index in [2.05, 4.69) is 21.3 Å². The van der Waals surface area contributed by atoms with Crippen molar-refractivity contribution in [3.63, 3.8) is 0 Å². The van der Waals surface area contributed by atoms with Crippen LogP contribution in [0.3, 0.4) is 0 Å². The van der Waals surface area contributed by atoms with E-state index in [-0.39, 0.29) is 30.7 Å². The second kappa shape index (κ2) is 6.69. The highest BCUT2D eigenvalue weighted by molar-refractivity contribution is 6.04. The standard InChI is InChI=1S/C16H18N4O4/c21-13(7-6-12-15(23)20-16(24)19-12)17-11-3-1-2-9(8-11)14(22)18-10-4-5-10/h1-3,8,10,12H,4-7H2,(H,17,21)(H,18,22)(H2,19,20,23,24). The van der Waals surface area contributed by atoms with E-state index in [0.717, 1.165) is 12.8 Å². The maximum absolute atomic E-state index is 12.0. The van der Waals surface area contributed by atoms with Gasteiger partial charge in [-0.2, -0.15) is 0 Å². The second-order valence-corrected chi connectivity index (χ2v) is 5.93. The molecule has 8 nitrogen and oxygen atoms in total. The monoisotopic (exact) mass is 330 g/mol. The van der Waals surface area contributed by atoms with Gasteiger partial charge in [0.15, 0.2) is 0 Å². The maximum Gasteiger partial charge on any atom is 0.322 e. The lowest BCUT2D eigenvalue weighted by Crippen LogP contribution is -2.30. The van der Waals surface area contributed by atoms with E-state index in [1.807, 2.05) is 0 Å². The van der Waals surface area contributed by atoms with Crippen LogP contribution < -0.4 is 21.3 Å². The lowest BCUT2D eigenvalue weighted by Gasteiger charge is -2.09. The third-order valence-electron chi connectivity index (χ3n) is 3.84. The molecule has 2 fully saturated rings. The Morgan fingerprint density at radius 1 is 1.21 bits per heavy atom. The quantitative estimate of drug-likeness (QED) is 0.568. The van der Waals surface area contributed by atoms with E-state index < -0.39 is 18.0 Å². The van der Waals surface area contributed by atoms with Gasteiger partial charge in [-0.25, -0.2) is 4.79 Å². The smallest absolute Gasteiger partial charge is 0.322 e. The van der Waals surface area contributed by atoms with Crippen LogP contribution in [0, 0.1) is 0 Å². The van der Waals surface area contributed by atoms with Crippen LogP contribution in [0.25, 0.3) is 0 Å². The van der Waals surface area contributed by atoms with Crippen LogP contribution in [0.5, 0.6) is 0 Å². The van der Waals surface area contributed by atoms with Crippen molar-refractivity contribution in [2.75, 3.05) is 5.32 Å². The fourth-order valence-electron chi connectivity index (χ4n) is 2.40. The van der Waals surface area contributed by atoms with Gasteiger partial charge in [0.1, 0.15) is 6.04 Å². The summed E-state index contributed by atoms with van der Waals surface area (Å²) in [7, 11) is 0. The summed E-state index contributed by atoms with van der Waals surface area (Å²) >= 11 is 0. The normalized spacial score (nSPS) is 19.4. The molecule has 2 aliphatic rings. The van der Waals surface area contributed by atoms with Gasteiger partial charge in [0.2, 0.25) is 5.91 Å². The molecule has 1 aromatic carbocycles. The summed E-state index contributed by atoms with van der Waals surface area (Å²) in [6.45, 7) is 0. The molecule has 0 aromatic heterocycles. The second-order valence-electron chi connectivity index (χ2n) is 5.93. The van der Waals surface area contributed by atoms with Crippen molar-refractivity contribution in [1.29, 1.82) is 0 Å². The molecule has 3 rings (SSSR count). The Balaban J connectivity index is 1.51. The van der Waals surface area contributed by atoms with Crippen LogP contribution in [0.2, 0.25) is 0 Å². The number of urea groups is 1. The number of benzene rings is 1. The highest BCUT2D eigenvalue weighted by Gasteiger charge is 2.29. The summed E-state index contributed by atoms with van der Waals surface area (Å²) in [4.78, 5) is 46.4. The van der Waals surface area contributed by atoms with Crippen LogP contribution in [0.4, 0.5) is 10.5 Å². The molecule has 1 heterocycles. The molecule has 1 unspecified atom stereocenters. The van der Waals surface area contributed by atoms with Crippen LogP contribution in [0.15, 0.2) is 24.3 Å². The number of hydrogen-bond acceptors (Lipinski definition) is 4. The summed E-state index contributed by atoms with van der Waals surface area (Å²) in [5.74, 6) is -0.866. The van der Waals surface area contributed by atoms with Gasteiger partial charge in [0.05, 0.1) is 0 Å². The number of carbonyl (C=O) groups excluding carboxylic acids is 4. The van der Waals surface area contributed by atoms with Crippen molar-refractivity contribution >= 4 is 29.4 Å². The number of amides is 5. The molecule has 1 aliphatic carbocycles. The lowest BCUT2D eigenvalue weighted by atomic mass is 10.1. The molecule has 1 saturated heterocycles. The number of nitrogens with one attached hydrogen (secondary N) is 4. The van der Waals surface area contributed by atoms with E-state index in [1.54, 1.807) is 24.3 Å². The fourth-order valence-corrected chi connectivity index (χ4v) is 2.40. The molecule has 0 spiro atoms. The minimum atomic E-state index is -0.682. The Kier molecular flexibility index (Phi) is 4.45.